The molecule has 1 heterocycles. The summed E-state index contributed by atoms with van der Waals surface area (Å²) in [4.78, 5) is 0. The van der Waals surface area contributed by atoms with Crippen LogP contribution in [0.2, 0.25) is 0 Å². The van der Waals surface area contributed by atoms with Crippen molar-refractivity contribution in [1.29, 1.82) is 5.26 Å². The van der Waals surface area contributed by atoms with Crippen molar-refractivity contribution in [3.8, 4) is 6.07 Å². The number of aryl methyl sites for hydroxylation is 1. The number of nitrogens with one attached hydrogen (secondary N) is 1. The summed E-state index contributed by atoms with van der Waals surface area (Å²) in [5, 5.41) is 20.5. The quantitative estimate of drug-likeness (QED) is 0.904. The highest BCUT2D eigenvalue weighted by molar-refractivity contribution is 5.56. The Hall–Kier alpha value is -2.62. The van der Waals surface area contributed by atoms with Crippen molar-refractivity contribution in [2.75, 3.05) is 11.9 Å². The predicted octanol–water partition coefficient (Wildman–Crippen LogP) is 4.13. The first-order valence-corrected chi connectivity index (χ1v) is 7.92. The van der Waals surface area contributed by atoms with Crippen LogP contribution >= 0.6 is 0 Å². The zero-order valence-corrected chi connectivity index (χ0v) is 13.9. The van der Waals surface area contributed by atoms with Gasteiger partial charge in [0.05, 0.1) is 11.3 Å². The van der Waals surface area contributed by atoms with Crippen LogP contribution in [0.3, 0.4) is 0 Å². The molecule has 1 fully saturated rings. The molecule has 1 aliphatic rings. The molecule has 1 aliphatic carbocycles. The molecule has 25 heavy (non-hydrogen) atoms. The fourth-order valence-corrected chi connectivity index (χ4v) is 2.87. The Bertz CT molecular complexity index is 848. The van der Waals surface area contributed by atoms with Gasteiger partial charge in [-0.05, 0) is 43.9 Å². The summed E-state index contributed by atoms with van der Waals surface area (Å²) in [5.74, 6) is 0.379. The number of alkyl halides is 3. The van der Waals surface area contributed by atoms with Gasteiger partial charge in [0, 0.05) is 12.0 Å². The molecule has 0 aliphatic heterocycles. The fourth-order valence-electron chi connectivity index (χ4n) is 2.87. The van der Waals surface area contributed by atoms with E-state index >= 15 is 0 Å². The second-order valence-electron chi connectivity index (χ2n) is 6.46. The Morgan fingerprint density at radius 2 is 1.96 bits per heavy atom. The third-order valence-corrected chi connectivity index (χ3v) is 4.82. The topological polar surface area (TPSA) is 61.6 Å². The summed E-state index contributed by atoms with van der Waals surface area (Å²) in [7, 11) is 0. The van der Waals surface area contributed by atoms with E-state index in [0.717, 1.165) is 24.5 Å². The Morgan fingerprint density at radius 3 is 2.56 bits per heavy atom. The molecule has 0 unspecified atom stereocenters. The summed E-state index contributed by atoms with van der Waals surface area (Å²) in [6.45, 7) is 3.99. The molecule has 7 heteroatoms. The van der Waals surface area contributed by atoms with Crippen molar-refractivity contribution in [2.24, 2.45) is 0 Å². The molecule has 0 atom stereocenters. The van der Waals surface area contributed by atoms with E-state index in [0.29, 0.717) is 29.2 Å². The number of aromatic nitrogens is 2. The molecule has 4 nitrogen and oxygen atoms in total. The molecule has 0 bridgehead atoms. The molecule has 1 aromatic carbocycles. The average Bonchev–Trinajstić information content (AvgIpc) is 3.36. The Morgan fingerprint density at radius 1 is 1.24 bits per heavy atom. The Balaban J connectivity index is 1.83. The summed E-state index contributed by atoms with van der Waals surface area (Å²) >= 11 is 0. The summed E-state index contributed by atoms with van der Waals surface area (Å²) < 4.78 is 38.8. The summed E-state index contributed by atoms with van der Waals surface area (Å²) in [6, 6.07) is 7.57. The number of hydrogen-bond donors (Lipinski definition) is 1. The standard InChI is InChI=1S/C18H17F3N4/c1-11-12(2)24-25-16(15(11)9-22)23-10-17(6-7-17)13-4-3-5-14(8-13)18(19,20)21/h3-5,8H,6-7,10H2,1-2H3,(H,23,25). The fraction of sp³-hybridized carbons (Fsp3) is 0.389. The predicted molar refractivity (Wildman–Crippen MR) is 87.1 cm³/mol. The van der Waals surface area contributed by atoms with Gasteiger partial charge in [0.25, 0.3) is 0 Å². The van der Waals surface area contributed by atoms with E-state index in [2.05, 4.69) is 21.6 Å². The van der Waals surface area contributed by atoms with Crippen LogP contribution in [0.4, 0.5) is 19.0 Å². The molecule has 130 valence electrons. The minimum atomic E-state index is -4.35. The van der Waals surface area contributed by atoms with Crippen molar-refractivity contribution in [1.82, 2.24) is 10.2 Å². The SMILES string of the molecule is Cc1nnc(NCC2(c3cccc(C(F)(F)F)c3)CC2)c(C#N)c1C. The van der Waals surface area contributed by atoms with E-state index < -0.39 is 11.7 Å². The van der Waals surface area contributed by atoms with Gasteiger partial charge in [0.2, 0.25) is 0 Å². The molecule has 3 rings (SSSR count). The van der Waals surface area contributed by atoms with Crippen LogP contribution in [0.15, 0.2) is 24.3 Å². The van der Waals surface area contributed by atoms with E-state index in [-0.39, 0.29) is 5.41 Å². The van der Waals surface area contributed by atoms with Gasteiger partial charge in [-0.3, -0.25) is 0 Å². The zero-order valence-electron chi connectivity index (χ0n) is 13.9. The van der Waals surface area contributed by atoms with Gasteiger partial charge in [0.15, 0.2) is 5.82 Å². The molecule has 0 amide bonds. The Kier molecular flexibility index (Phi) is 4.15. The first-order chi connectivity index (χ1) is 11.8. The maximum atomic E-state index is 12.9. The second kappa shape index (κ2) is 6.03. The molecule has 1 saturated carbocycles. The number of rotatable bonds is 4. The number of halogens is 3. The van der Waals surface area contributed by atoms with Gasteiger partial charge < -0.3 is 5.32 Å². The lowest BCUT2D eigenvalue weighted by Crippen LogP contribution is -2.22. The van der Waals surface area contributed by atoms with Crippen LogP contribution in [0.1, 0.15) is 40.8 Å². The van der Waals surface area contributed by atoms with Gasteiger partial charge in [-0.1, -0.05) is 18.2 Å². The highest BCUT2D eigenvalue weighted by atomic mass is 19.4. The summed E-state index contributed by atoms with van der Waals surface area (Å²) in [5.41, 5.74) is 1.52. The maximum absolute atomic E-state index is 12.9. The molecule has 0 saturated heterocycles. The van der Waals surface area contributed by atoms with E-state index in [1.54, 1.807) is 19.9 Å². The van der Waals surface area contributed by atoms with Gasteiger partial charge in [0.1, 0.15) is 11.6 Å². The largest absolute Gasteiger partial charge is 0.416 e. The van der Waals surface area contributed by atoms with Gasteiger partial charge in [-0.2, -0.15) is 23.5 Å². The molecule has 2 aromatic rings. The molecule has 0 radical (unpaired) electrons. The van der Waals surface area contributed by atoms with E-state index in [1.165, 1.54) is 12.1 Å². The van der Waals surface area contributed by atoms with Crippen LogP contribution in [0.5, 0.6) is 0 Å². The first kappa shape index (κ1) is 17.2. The zero-order chi connectivity index (χ0) is 18.2. The van der Waals surface area contributed by atoms with Crippen molar-refractivity contribution < 1.29 is 13.2 Å². The molecular formula is C18H17F3N4. The smallest absolute Gasteiger partial charge is 0.367 e. The van der Waals surface area contributed by atoms with E-state index in [9.17, 15) is 18.4 Å². The normalized spacial score (nSPS) is 15.5. The van der Waals surface area contributed by atoms with Crippen molar-refractivity contribution in [2.45, 2.75) is 38.3 Å². The van der Waals surface area contributed by atoms with Crippen LogP contribution in [-0.4, -0.2) is 16.7 Å². The first-order valence-electron chi connectivity index (χ1n) is 7.92. The van der Waals surface area contributed by atoms with Crippen LogP contribution < -0.4 is 5.32 Å². The maximum Gasteiger partial charge on any atom is 0.416 e. The lowest BCUT2D eigenvalue weighted by atomic mass is 9.94. The van der Waals surface area contributed by atoms with Crippen molar-refractivity contribution >= 4 is 5.82 Å². The van der Waals surface area contributed by atoms with E-state index in [4.69, 9.17) is 0 Å². The molecule has 1 N–H and O–H groups in total. The van der Waals surface area contributed by atoms with Crippen LogP contribution in [-0.2, 0) is 11.6 Å². The number of benzene rings is 1. The van der Waals surface area contributed by atoms with Crippen LogP contribution in [0, 0.1) is 25.2 Å². The lowest BCUT2D eigenvalue weighted by molar-refractivity contribution is -0.137. The third-order valence-electron chi connectivity index (χ3n) is 4.82. The molecular weight excluding hydrogens is 329 g/mol. The minimum Gasteiger partial charge on any atom is -0.367 e. The van der Waals surface area contributed by atoms with Crippen LogP contribution in [0.25, 0.3) is 0 Å². The lowest BCUT2D eigenvalue weighted by Gasteiger charge is -2.19. The average molecular weight is 346 g/mol. The number of nitrogens with zero attached hydrogens (tertiary/aromatic N) is 3. The van der Waals surface area contributed by atoms with Crippen molar-refractivity contribution in [3.63, 3.8) is 0 Å². The van der Waals surface area contributed by atoms with Gasteiger partial charge in [-0.25, -0.2) is 0 Å². The summed E-state index contributed by atoms with van der Waals surface area (Å²) in [6.07, 6.45) is -2.77. The number of hydrogen-bond acceptors (Lipinski definition) is 4. The second-order valence-corrected chi connectivity index (χ2v) is 6.46. The van der Waals surface area contributed by atoms with Gasteiger partial charge in [-0.15, -0.1) is 5.10 Å². The van der Waals surface area contributed by atoms with Gasteiger partial charge >= 0.3 is 6.18 Å². The molecule has 1 aromatic heterocycles. The number of nitriles is 1. The Labute approximate surface area is 143 Å². The number of anilines is 1. The van der Waals surface area contributed by atoms with E-state index in [1.807, 2.05) is 0 Å². The third kappa shape index (κ3) is 3.29. The molecule has 0 spiro atoms. The highest BCUT2D eigenvalue weighted by Crippen LogP contribution is 2.49. The van der Waals surface area contributed by atoms with Crippen molar-refractivity contribution in [3.05, 3.63) is 52.2 Å². The monoisotopic (exact) mass is 346 g/mol. The highest BCUT2D eigenvalue weighted by Gasteiger charge is 2.45. The minimum absolute atomic E-state index is 0.353.